The molecule has 0 bridgehead atoms. The predicted molar refractivity (Wildman–Crippen MR) is 71.9 cm³/mol. The van der Waals surface area contributed by atoms with Crippen LogP contribution in [0.15, 0.2) is 5.38 Å². The number of thiazole rings is 1. The highest BCUT2D eigenvalue weighted by Crippen LogP contribution is 2.22. The van der Waals surface area contributed by atoms with Crippen molar-refractivity contribution in [3.05, 3.63) is 22.5 Å². The van der Waals surface area contributed by atoms with Gasteiger partial charge in [0.1, 0.15) is 0 Å². The number of amides is 1. The van der Waals surface area contributed by atoms with E-state index in [1.807, 2.05) is 5.38 Å². The molecule has 0 saturated heterocycles. The van der Waals surface area contributed by atoms with Gasteiger partial charge >= 0.3 is 0 Å². The Labute approximate surface area is 109 Å². The fourth-order valence-corrected chi connectivity index (χ4v) is 2.24. The lowest BCUT2D eigenvalue weighted by Gasteiger charge is -2.00. The molecule has 96 valence electrons. The van der Waals surface area contributed by atoms with Crippen LogP contribution >= 0.6 is 11.3 Å². The van der Waals surface area contributed by atoms with Crippen LogP contribution in [0.25, 0.3) is 0 Å². The number of carbonyl (C=O) groups is 1. The van der Waals surface area contributed by atoms with E-state index < -0.39 is 0 Å². The lowest BCUT2D eigenvalue weighted by Crippen LogP contribution is -2.14. The molecule has 0 aromatic carbocycles. The fourth-order valence-electron chi connectivity index (χ4n) is 1.38. The first-order valence-corrected chi connectivity index (χ1v) is 6.44. The molecule has 6 nitrogen and oxygen atoms in total. The van der Waals surface area contributed by atoms with Gasteiger partial charge in [-0.05, 0) is 12.8 Å². The summed E-state index contributed by atoms with van der Waals surface area (Å²) in [7, 11) is 0. The fraction of sp³-hybridized carbons (Fsp3) is 0.364. The number of carbonyl (C=O) groups excluding carboxylic acids is 1. The molecule has 0 radical (unpaired) electrons. The first-order valence-electron chi connectivity index (χ1n) is 5.56. The molecule has 18 heavy (non-hydrogen) atoms. The summed E-state index contributed by atoms with van der Waals surface area (Å²) < 4.78 is 0. The molecule has 2 aromatic rings. The number of rotatable bonds is 3. The van der Waals surface area contributed by atoms with E-state index in [1.165, 1.54) is 11.3 Å². The van der Waals surface area contributed by atoms with Crippen molar-refractivity contribution in [3.63, 3.8) is 0 Å². The van der Waals surface area contributed by atoms with Gasteiger partial charge in [-0.3, -0.25) is 15.2 Å². The molecule has 0 spiro atoms. The maximum absolute atomic E-state index is 11.9. The summed E-state index contributed by atoms with van der Waals surface area (Å²) in [5.74, 6) is -0.00824. The van der Waals surface area contributed by atoms with Crippen molar-refractivity contribution in [2.24, 2.45) is 0 Å². The molecule has 1 amide bonds. The van der Waals surface area contributed by atoms with Crippen LogP contribution in [0.2, 0.25) is 0 Å². The molecule has 2 rings (SSSR count). The summed E-state index contributed by atoms with van der Waals surface area (Å²) in [6.45, 7) is 5.87. The number of aromatic nitrogens is 3. The van der Waals surface area contributed by atoms with Gasteiger partial charge in [0.2, 0.25) is 0 Å². The molecule has 0 fully saturated rings. The van der Waals surface area contributed by atoms with Gasteiger partial charge in [0.25, 0.3) is 5.91 Å². The van der Waals surface area contributed by atoms with E-state index in [9.17, 15) is 4.79 Å². The van der Waals surface area contributed by atoms with E-state index >= 15 is 0 Å². The number of aryl methyl sites for hydroxylation is 1. The summed E-state index contributed by atoms with van der Waals surface area (Å²) in [4.78, 5) is 16.2. The summed E-state index contributed by atoms with van der Waals surface area (Å²) in [5.41, 5.74) is 7.95. The Bertz CT molecular complexity index is 572. The number of aromatic amines is 1. The van der Waals surface area contributed by atoms with Crippen molar-refractivity contribution in [1.29, 1.82) is 0 Å². The number of H-pyrrole nitrogens is 1. The van der Waals surface area contributed by atoms with Crippen molar-refractivity contribution >= 4 is 28.1 Å². The Balaban J connectivity index is 2.14. The zero-order valence-electron chi connectivity index (χ0n) is 10.4. The normalized spacial score (nSPS) is 10.9. The highest BCUT2D eigenvalue weighted by Gasteiger charge is 2.17. The van der Waals surface area contributed by atoms with Crippen LogP contribution in [0.5, 0.6) is 0 Å². The molecule has 4 N–H and O–H groups in total. The maximum atomic E-state index is 11.9. The largest absolute Gasteiger partial charge is 0.395 e. The van der Waals surface area contributed by atoms with Crippen LogP contribution < -0.4 is 11.1 Å². The van der Waals surface area contributed by atoms with Gasteiger partial charge in [-0.1, -0.05) is 13.8 Å². The average molecular weight is 265 g/mol. The third-order valence-corrected chi connectivity index (χ3v) is 3.32. The Morgan fingerprint density at radius 2 is 2.28 bits per heavy atom. The van der Waals surface area contributed by atoms with Crippen LogP contribution in [-0.4, -0.2) is 21.1 Å². The second-order valence-electron chi connectivity index (χ2n) is 4.30. The molecule has 7 heteroatoms. The van der Waals surface area contributed by atoms with E-state index in [4.69, 9.17) is 5.73 Å². The topological polar surface area (TPSA) is 96.7 Å². The molecule has 0 atom stereocenters. The van der Waals surface area contributed by atoms with Crippen LogP contribution in [0.3, 0.4) is 0 Å². The Hall–Kier alpha value is -1.89. The number of anilines is 2. The van der Waals surface area contributed by atoms with E-state index in [-0.39, 0.29) is 11.6 Å². The van der Waals surface area contributed by atoms with Crippen LogP contribution in [0.4, 0.5) is 10.8 Å². The molecule has 0 aliphatic heterocycles. The lowest BCUT2D eigenvalue weighted by molar-refractivity contribution is 0.102. The minimum atomic E-state index is -0.346. The first kappa shape index (κ1) is 12.6. The van der Waals surface area contributed by atoms with Crippen molar-refractivity contribution in [3.8, 4) is 0 Å². The van der Waals surface area contributed by atoms with Gasteiger partial charge in [0, 0.05) is 5.38 Å². The highest BCUT2D eigenvalue weighted by atomic mass is 32.1. The molecular weight excluding hydrogens is 250 g/mol. The smallest absolute Gasteiger partial charge is 0.280 e. The van der Waals surface area contributed by atoms with E-state index in [2.05, 4.69) is 34.3 Å². The van der Waals surface area contributed by atoms with Gasteiger partial charge in [-0.25, -0.2) is 4.98 Å². The van der Waals surface area contributed by atoms with Crippen LogP contribution in [0.1, 0.15) is 41.6 Å². The Morgan fingerprint density at radius 1 is 1.56 bits per heavy atom. The molecular formula is C11H15N5OS. The van der Waals surface area contributed by atoms with Crippen molar-refractivity contribution in [2.45, 2.75) is 26.7 Å². The van der Waals surface area contributed by atoms with Gasteiger partial charge in [0.15, 0.2) is 10.8 Å². The van der Waals surface area contributed by atoms with Crippen LogP contribution in [0, 0.1) is 6.92 Å². The molecule has 0 unspecified atom stereocenters. The number of nitrogen functional groups attached to an aromatic ring is 1. The lowest BCUT2D eigenvalue weighted by atomic mass is 10.2. The first-order chi connectivity index (χ1) is 8.49. The summed E-state index contributed by atoms with van der Waals surface area (Å²) in [5, 5.41) is 11.7. The van der Waals surface area contributed by atoms with Crippen molar-refractivity contribution < 1.29 is 4.79 Å². The van der Waals surface area contributed by atoms with Crippen molar-refractivity contribution in [1.82, 2.24) is 15.2 Å². The molecule has 0 saturated carbocycles. The Kier molecular flexibility index (Phi) is 3.33. The maximum Gasteiger partial charge on any atom is 0.280 e. The van der Waals surface area contributed by atoms with E-state index in [0.717, 1.165) is 5.69 Å². The second kappa shape index (κ2) is 4.77. The third-order valence-electron chi connectivity index (χ3n) is 2.54. The predicted octanol–water partition coefficient (Wildman–Crippen LogP) is 2.13. The number of nitrogens with zero attached hydrogens (tertiary/aromatic N) is 2. The minimum Gasteiger partial charge on any atom is -0.395 e. The zero-order valence-corrected chi connectivity index (χ0v) is 11.3. The molecule has 0 aliphatic rings. The Morgan fingerprint density at radius 3 is 2.78 bits per heavy atom. The van der Waals surface area contributed by atoms with Gasteiger partial charge in [0.05, 0.1) is 17.1 Å². The minimum absolute atomic E-state index is 0.203. The second-order valence-corrected chi connectivity index (χ2v) is 5.16. The highest BCUT2D eigenvalue weighted by molar-refractivity contribution is 7.14. The standard InChI is InChI=1S/C11H15N5OS/c1-5(2)7-4-18-11(13-7)14-10(17)9-8(12)6(3)15-16-9/h4-5H,12H2,1-3H3,(H,15,16)(H,13,14,17). The number of nitrogens with two attached hydrogens (primary N) is 1. The monoisotopic (exact) mass is 265 g/mol. The van der Waals surface area contributed by atoms with Crippen LogP contribution in [-0.2, 0) is 0 Å². The number of nitrogens with one attached hydrogen (secondary N) is 2. The molecule has 2 aromatic heterocycles. The van der Waals surface area contributed by atoms with Gasteiger partial charge in [-0.15, -0.1) is 11.3 Å². The summed E-state index contributed by atoms with van der Waals surface area (Å²) in [6, 6.07) is 0. The van der Waals surface area contributed by atoms with Gasteiger partial charge < -0.3 is 5.73 Å². The third kappa shape index (κ3) is 2.35. The van der Waals surface area contributed by atoms with E-state index in [1.54, 1.807) is 6.92 Å². The number of hydrogen-bond acceptors (Lipinski definition) is 5. The molecule has 0 aliphatic carbocycles. The van der Waals surface area contributed by atoms with E-state index in [0.29, 0.717) is 22.4 Å². The molecule has 2 heterocycles. The zero-order chi connectivity index (χ0) is 13.3. The average Bonchev–Trinajstić information content (AvgIpc) is 2.88. The number of hydrogen-bond donors (Lipinski definition) is 3. The quantitative estimate of drug-likeness (QED) is 0.792. The summed E-state index contributed by atoms with van der Waals surface area (Å²) in [6.07, 6.45) is 0. The SMILES string of the molecule is Cc1[nH]nc(C(=O)Nc2nc(C(C)C)cs2)c1N. The van der Waals surface area contributed by atoms with Gasteiger partial charge in [-0.2, -0.15) is 5.10 Å². The summed E-state index contributed by atoms with van der Waals surface area (Å²) >= 11 is 1.39. The van der Waals surface area contributed by atoms with Crippen molar-refractivity contribution in [2.75, 3.05) is 11.1 Å².